The third-order valence-electron chi connectivity index (χ3n) is 3.38. The molecule has 0 atom stereocenters. The molecule has 4 nitrogen and oxygen atoms in total. The fourth-order valence-corrected chi connectivity index (χ4v) is 3.99. The number of rotatable bonds is 3. The maximum atomic E-state index is 12.5. The lowest BCUT2D eigenvalue weighted by Gasteiger charge is -2.06. The first-order chi connectivity index (χ1) is 10.8. The van der Waals surface area contributed by atoms with Gasteiger partial charge in [-0.3, -0.25) is 4.79 Å². The first kappa shape index (κ1) is 16.1. The van der Waals surface area contributed by atoms with Gasteiger partial charge in [0.1, 0.15) is 4.90 Å². The number of pyridine rings is 1. The molecule has 1 aromatic heterocycles. The molecule has 0 amide bonds. The van der Waals surface area contributed by atoms with Gasteiger partial charge in [-0.15, -0.1) is 0 Å². The summed E-state index contributed by atoms with van der Waals surface area (Å²) < 4.78 is 25.1. The highest BCUT2D eigenvalue weighted by atomic mass is 35.5. The van der Waals surface area contributed by atoms with Gasteiger partial charge in [0.05, 0.1) is 5.75 Å². The van der Waals surface area contributed by atoms with E-state index in [1.54, 1.807) is 42.5 Å². The summed E-state index contributed by atoms with van der Waals surface area (Å²) in [5.74, 6) is -0.271. The van der Waals surface area contributed by atoms with E-state index >= 15 is 0 Å². The third kappa shape index (κ3) is 3.42. The molecule has 0 fully saturated rings. The normalized spacial score (nSPS) is 11.7. The summed E-state index contributed by atoms with van der Waals surface area (Å²) >= 11 is 11.7. The number of sulfone groups is 1. The Morgan fingerprint density at radius 1 is 0.913 bits per heavy atom. The van der Waals surface area contributed by atoms with Gasteiger partial charge in [-0.1, -0.05) is 41.4 Å². The summed E-state index contributed by atoms with van der Waals surface area (Å²) in [5, 5.41) is 1.58. The number of H-pyrrole nitrogens is 1. The number of fused-ring (bicyclic) bond motifs is 1. The van der Waals surface area contributed by atoms with Crippen LogP contribution in [0.4, 0.5) is 0 Å². The number of halogens is 2. The molecule has 1 N–H and O–H groups in total. The van der Waals surface area contributed by atoms with Crippen LogP contribution in [0.3, 0.4) is 0 Å². The van der Waals surface area contributed by atoms with Gasteiger partial charge in [0, 0.05) is 15.6 Å². The molecule has 0 aliphatic carbocycles. The van der Waals surface area contributed by atoms with Crippen molar-refractivity contribution in [3.63, 3.8) is 0 Å². The Labute approximate surface area is 142 Å². The Morgan fingerprint density at radius 2 is 1.57 bits per heavy atom. The smallest absolute Gasteiger partial charge is 0.267 e. The number of hydrogen-bond donors (Lipinski definition) is 1. The fourth-order valence-electron chi connectivity index (χ4n) is 2.26. The molecule has 1 heterocycles. The molecule has 23 heavy (non-hydrogen) atoms. The lowest BCUT2D eigenvalue weighted by atomic mass is 10.2. The van der Waals surface area contributed by atoms with Gasteiger partial charge in [0.25, 0.3) is 5.56 Å². The summed E-state index contributed by atoms with van der Waals surface area (Å²) in [6, 6.07) is 12.7. The highest BCUT2D eigenvalue weighted by Gasteiger charge is 2.20. The van der Waals surface area contributed by atoms with Gasteiger partial charge < -0.3 is 4.98 Å². The van der Waals surface area contributed by atoms with Crippen LogP contribution in [0.25, 0.3) is 10.9 Å². The number of aromatic nitrogens is 1. The average molecular weight is 368 g/mol. The van der Waals surface area contributed by atoms with Crippen LogP contribution in [-0.2, 0) is 15.6 Å². The van der Waals surface area contributed by atoms with Crippen molar-refractivity contribution >= 4 is 43.9 Å². The number of benzene rings is 2. The van der Waals surface area contributed by atoms with Crippen molar-refractivity contribution in [1.82, 2.24) is 4.98 Å². The monoisotopic (exact) mass is 367 g/mol. The molecule has 0 spiro atoms. The predicted molar refractivity (Wildman–Crippen MR) is 91.9 cm³/mol. The Morgan fingerprint density at radius 3 is 2.26 bits per heavy atom. The summed E-state index contributed by atoms with van der Waals surface area (Å²) in [5.41, 5.74) is 0.395. The molecule has 2 aromatic carbocycles. The summed E-state index contributed by atoms with van der Waals surface area (Å²) in [7, 11) is -3.78. The molecule has 0 radical (unpaired) electrons. The number of aromatic amines is 1. The quantitative estimate of drug-likeness (QED) is 0.765. The van der Waals surface area contributed by atoms with Crippen molar-refractivity contribution in [1.29, 1.82) is 0 Å². The molecule has 0 saturated carbocycles. The number of nitrogens with one attached hydrogen (secondary N) is 1. The van der Waals surface area contributed by atoms with Crippen molar-refractivity contribution in [2.24, 2.45) is 0 Å². The molecule has 0 unspecified atom stereocenters. The predicted octanol–water partition coefficient (Wildman–Crippen LogP) is 3.81. The van der Waals surface area contributed by atoms with Crippen molar-refractivity contribution in [3.05, 3.63) is 74.5 Å². The molecular weight excluding hydrogens is 357 g/mol. The molecule has 3 rings (SSSR count). The van der Waals surface area contributed by atoms with Crippen LogP contribution < -0.4 is 5.56 Å². The molecular formula is C16H11Cl2NO3S. The minimum atomic E-state index is -3.78. The first-order valence-electron chi connectivity index (χ1n) is 6.65. The van der Waals surface area contributed by atoms with Crippen molar-refractivity contribution < 1.29 is 8.42 Å². The van der Waals surface area contributed by atoms with Gasteiger partial charge in [0.2, 0.25) is 0 Å². The lowest BCUT2D eigenvalue weighted by molar-refractivity contribution is 0.594. The van der Waals surface area contributed by atoms with Crippen LogP contribution in [0.5, 0.6) is 0 Å². The zero-order valence-electron chi connectivity index (χ0n) is 11.7. The van der Waals surface area contributed by atoms with Crippen LogP contribution in [0, 0.1) is 0 Å². The van der Waals surface area contributed by atoms with Crippen molar-refractivity contribution in [2.45, 2.75) is 10.6 Å². The van der Waals surface area contributed by atoms with Gasteiger partial charge in [-0.25, -0.2) is 8.42 Å². The highest BCUT2D eigenvalue weighted by molar-refractivity contribution is 7.90. The zero-order valence-corrected chi connectivity index (χ0v) is 14.0. The second-order valence-electron chi connectivity index (χ2n) is 5.08. The van der Waals surface area contributed by atoms with E-state index < -0.39 is 15.4 Å². The van der Waals surface area contributed by atoms with E-state index in [0.29, 0.717) is 26.5 Å². The van der Waals surface area contributed by atoms with Crippen molar-refractivity contribution in [3.8, 4) is 0 Å². The maximum absolute atomic E-state index is 12.5. The van der Waals surface area contributed by atoms with Crippen molar-refractivity contribution in [2.75, 3.05) is 0 Å². The standard InChI is InChI=1S/C16H11Cl2NO3S/c17-12-4-1-10(2-5-12)9-23(21,22)15-7-11-3-6-13(18)8-14(11)19-16(15)20/h1-8H,9H2,(H,19,20). The van der Waals surface area contributed by atoms with E-state index in [9.17, 15) is 13.2 Å². The Balaban J connectivity index is 2.07. The largest absolute Gasteiger partial charge is 0.321 e. The van der Waals surface area contributed by atoms with E-state index in [0.717, 1.165) is 0 Å². The summed E-state index contributed by atoms with van der Waals surface area (Å²) in [6.45, 7) is 0. The minimum absolute atomic E-state index is 0.262. The molecule has 0 saturated heterocycles. The Bertz CT molecular complexity index is 1040. The summed E-state index contributed by atoms with van der Waals surface area (Å²) in [6.07, 6.45) is 0. The van der Waals surface area contributed by atoms with E-state index in [1.165, 1.54) is 6.07 Å². The minimum Gasteiger partial charge on any atom is -0.321 e. The van der Waals surface area contributed by atoms with Gasteiger partial charge in [0.15, 0.2) is 9.84 Å². The molecule has 118 valence electrons. The second kappa shape index (κ2) is 6.00. The molecule has 0 aliphatic heterocycles. The molecule has 3 aromatic rings. The Hall–Kier alpha value is -1.82. The van der Waals surface area contributed by atoms with Crippen LogP contribution in [-0.4, -0.2) is 13.4 Å². The van der Waals surface area contributed by atoms with Gasteiger partial charge >= 0.3 is 0 Å². The van der Waals surface area contributed by atoms with Crippen LogP contribution in [0.15, 0.2) is 58.2 Å². The van der Waals surface area contributed by atoms with E-state index in [1.807, 2.05) is 0 Å². The fraction of sp³-hybridized carbons (Fsp3) is 0.0625. The third-order valence-corrected chi connectivity index (χ3v) is 5.55. The highest BCUT2D eigenvalue weighted by Crippen LogP contribution is 2.21. The SMILES string of the molecule is O=c1[nH]c2cc(Cl)ccc2cc1S(=O)(=O)Cc1ccc(Cl)cc1. The van der Waals surface area contributed by atoms with Gasteiger partial charge in [-0.05, 0) is 41.3 Å². The van der Waals surface area contributed by atoms with Crippen LogP contribution in [0.2, 0.25) is 10.0 Å². The Kier molecular flexibility index (Phi) is 4.19. The van der Waals surface area contributed by atoms with Crippen LogP contribution >= 0.6 is 23.2 Å². The maximum Gasteiger partial charge on any atom is 0.267 e. The second-order valence-corrected chi connectivity index (χ2v) is 7.91. The van der Waals surface area contributed by atoms with E-state index in [4.69, 9.17) is 23.2 Å². The average Bonchev–Trinajstić information content (AvgIpc) is 2.48. The first-order valence-corrected chi connectivity index (χ1v) is 9.06. The lowest BCUT2D eigenvalue weighted by Crippen LogP contribution is -2.18. The van der Waals surface area contributed by atoms with Gasteiger partial charge in [-0.2, -0.15) is 0 Å². The topological polar surface area (TPSA) is 67.0 Å². The molecule has 0 aliphatic rings. The molecule has 7 heteroatoms. The summed E-state index contributed by atoms with van der Waals surface area (Å²) in [4.78, 5) is 14.4. The zero-order chi connectivity index (χ0) is 16.6. The van der Waals surface area contributed by atoms with Crippen LogP contribution in [0.1, 0.15) is 5.56 Å². The van der Waals surface area contributed by atoms with E-state index in [-0.39, 0.29) is 10.6 Å². The molecule has 0 bridgehead atoms. The number of hydrogen-bond acceptors (Lipinski definition) is 3. The van der Waals surface area contributed by atoms with E-state index in [2.05, 4.69) is 4.98 Å².